The van der Waals surface area contributed by atoms with E-state index >= 15 is 0 Å². The molecule has 1 aliphatic carbocycles. The van der Waals surface area contributed by atoms with E-state index < -0.39 is 5.79 Å². The summed E-state index contributed by atoms with van der Waals surface area (Å²) in [7, 11) is 0. The van der Waals surface area contributed by atoms with Crippen LogP contribution in [0, 0.1) is 0 Å². The molecule has 144 valence electrons. The van der Waals surface area contributed by atoms with Crippen LogP contribution in [0.3, 0.4) is 0 Å². The van der Waals surface area contributed by atoms with E-state index in [-0.39, 0.29) is 12.5 Å². The number of carbonyl (C=O) groups is 1. The molecule has 0 saturated heterocycles. The molecule has 8 nitrogen and oxygen atoms in total. The molecular weight excluding hydrogens is 378 g/mol. The summed E-state index contributed by atoms with van der Waals surface area (Å²) in [4.78, 5) is 13.6. The molecule has 3 aromatic rings. The summed E-state index contributed by atoms with van der Waals surface area (Å²) in [6.45, 7) is -0.0183. The first-order valence-electron chi connectivity index (χ1n) is 9.31. The second kappa shape index (κ2) is 6.90. The summed E-state index contributed by atoms with van der Waals surface area (Å²) < 4.78 is 12.2. The smallest absolute Gasteiger partial charge is 0.251 e. The number of fused-ring (bicyclic) bond motifs is 1. The Morgan fingerprint density at radius 2 is 2.04 bits per heavy atom. The predicted octanol–water partition coefficient (Wildman–Crippen LogP) is 3.47. The van der Waals surface area contributed by atoms with Gasteiger partial charge in [0.15, 0.2) is 11.5 Å². The molecule has 2 aliphatic rings. The van der Waals surface area contributed by atoms with Gasteiger partial charge in [-0.05, 0) is 41.6 Å². The summed E-state index contributed by atoms with van der Waals surface area (Å²) in [5.74, 6) is 1.17. The third kappa shape index (κ3) is 3.33. The fraction of sp³-hybridized carbons (Fsp3) is 0.368. The lowest BCUT2D eigenvalue weighted by atomic mass is 9.94. The van der Waals surface area contributed by atoms with Crippen molar-refractivity contribution in [1.82, 2.24) is 20.2 Å². The van der Waals surface area contributed by atoms with Crippen LogP contribution in [0.1, 0.15) is 32.1 Å². The monoisotopic (exact) mass is 397 g/mol. The van der Waals surface area contributed by atoms with Crippen molar-refractivity contribution in [3.8, 4) is 22.9 Å². The highest BCUT2D eigenvalue weighted by atomic mass is 32.1. The minimum absolute atomic E-state index is 0.0183. The zero-order chi connectivity index (χ0) is 19.0. The normalized spacial score (nSPS) is 17.0. The van der Waals surface area contributed by atoms with E-state index in [2.05, 4.69) is 20.7 Å². The molecule has 1 saturated carbocycles. The summed E-state index contributed by atoms with van der Waals surface area (Å²) in [5.41, 5.74) is 1.54. The lowest BCUT2D eigenvalue weighted by Crippen LogP contribution is -2.40. The highest BCUT2D eigenvalue weighted by Crippen LogP contribution is 2.46. The Labute approximate surface area is 165 Å². The van der Waals surface area contributed by atoms with Gasteiger partial charge in [0.1, 0.15) is 6.54 Å². The number of tetrazole rings is 1. The predicted molar refractivity (Wildman–Crippen MR) is 103 cm³/mol. The molecule has 1 fully saturated rings. The van der Waals surface area contributed by atoms with Crippen molar-refractivity contribution in [3.05, 3.63) is 35.0 Å². The van der Waals surface area contributed by atoms with Crippen molar-refractivity contribution >= 4 is 22.9 Å². The molecule has 1 aromatic carbocycles. The molecular formula is C19H19N5O3S. The molecule has 1 spiro atoms. The van der Waals surface area contributed by atoms with Gasteiger partial charge in [-0.1, -0.05) is 6.42 Å². The maximum absolute atomic E-state index is 12.4. The van der Waals surface area contributed by atoms with Crippen LogP contribution in [0.4, 0.5) is 5.69 Å². The number of aromatic nitrogens is 4. The average Bonchev–Trinajstić information content (AvgIpc) is 3.41. The van der Waals surface area contributed by atoms with E-state index in [1.807, 2.05) is 35.0 Å². The van der Waals surface area contributed by atoms with Gasteiger partial charge in [-0.25, -0.2) is 0 Å². The van der Waals surface area contributed by atoms with Crippen molar-refractivity contribution in [2.24, 2.45) is 0 Å². The second-order valence-corrected chi connectivity index (χ2v) is 7.82. The van der Waals surface area contributed by atoms with Crippen molar-refractivity contribution < 1.29 is 14.3 Å². The fourth-order valence-corrected chi connectivity index (χ4v) is 4.25. The first kappa shape index (κ1) is 17.2. The van der Waals surface area contributed by atoms with Gasteiger partial charge >= 0.3 is 0 Å². The number of amides is 1. The van der Waals surface area contributed by atoms with Gasteiger partial charge in [0.25, 0.3) is 5.79 Å². The van der Waals surface area contributed by atoms with E-state index in [1.165, 1.54) is 11.2 Å². The Hall–Kier alpha value is -2.94. The molecule has 0 bridgehead atoms. The van der Waals surface area contributed by atoms with Gasteiger partial charge in [-0.3, -0.25) is 4.79 Å². The Balaban J connectivity index is 1.24. The van der Waals surface area contributed by atoms with Gasteiger partial charge in [0, 0.05) is 35.5 Å². The van der Waals surface area contributed by atoms with E-state index in [4.69, 9.17) is 9.47 Å². The fourth-order valence-electron chi connectivity index (χ4n) is 3.61. The third-order valence-electron chi connectivity index (χ3n) is 4.95. The van der Waals surface area contributed by atoms with Crippen LogP contribution < -0.4 is 14.8 Å². The minimum Gasteiger partial charge on any atom is -0.448 e. The molecule has 1 aliphatic heterocycles. The van der Waals surface area contributed by atoms with Crippen LogP contribution in [0.2, 0.25) is 0 Å². The summed E-state index contributed by atoms with van der Waals surface area (Å²) in [6.07, 6.45) is 5.23. The number of nitrogens with zero attached hydrogens (tertiary/aromatic N) is 4. The maximum Gasteiger partial charge on any atom is 0.251 e. The molecule has 1 N–H and O–H groups in total. The molecule has 0 atom stereocenters. The SMILES string of the molecule is O=C(Cn1nnc(-c2ccsc2)n1)Nc1ccc2c(c1)OC1(CCCCC1)O2. The Kier molecular flexibility index (Phi) is 4.23. The lowest BCUT2D eigenvalue weighted by molar-refractivity contribution is -0.117. The zero-order valence-corrected chi connectivity index (χ0v) is 15.9. The summed E-state index contributed by atoms with van der Waals surface area (Å²) in [6, 6.07) is 7.38. The largest absolute Gasteiger partial charge is 0.448 e. The number of nitrogens with one attached hydrogen (secondary N) is 1. The van der Waals surface area contributed by atoms with Crippen LogP contribution in [-0.4, -0.2) is 31.9 Å². The maximum atomic E-state index is 12.4. The van der Waals surface area contributed by atoms with E-state index in [0.29, 0.717) is 17.3 Å². The molecule has 0 unspecified atom stereocenters. The molecule has 0 radical (unpaired) electrons. The van der Waals surface area contributed by atoms with Gasteiger partial charge in [0.2, 0.25) is 11.7 Å². The minimum atomic E-state index is -0.522. The van der Waals surface area contributed by atoms with Crippen molar-refractivity contribution in [3.63, 3.8) is 0 Å². The lowest BCUT2D eigenvalue weighted by Gasteiger charge is -2.31. The van der Waals surface area contributed by atoms with Crippen LogP contribution in [0.25, 0.3) is 11.4 Å². The Bertz CT molecular complexity index is 995. The van der Waals surface area contributed by atoms with E-state index in [0.717, 1.165) is 37.0 Å². The second-order valence-electron chi connectivity index (χ2n) is 7.04. The summed E-state index contributed by atoms with van der Waals surface area (Å²) >= 11 is 1.56. The molecule has 2 aromatic heterocycles. The number of hydrogen-bond acceptors (Lipinski definition) is 7. The number of rotatable bonds is 4. The van der Waals surface area contributed by atoms with Crippen LogP contribution in [0.15, 0.2) is 35.0 Å². The van der Waals surface area contributed by atoms with Crippen molar-refractivity contribution in [1.29, 1.82) is 0 Å². The standard InChI is InChI=1S/C19H19N5O3S/c25-17(11-24-22-18(21-23-24)13-6-9-28-12-13)20-14-4-5-15-16(10-14)27-19(26-15)7-2-1-3-8-19/h4-6,9-10,12H,1-3,7-8,11H2,(H,20,25). The van der Waals surface area contributed by atoms with Gasteiger partial charge in [-0.2, -0.15) is 16.1 Å². The van der Waals surface area contributed by atoms with Crippen LogP contribution in [-0.2, 0) is 11.3 Å². The molecule has 5 rings (SSSR count). The Morgan fingerprint density at radius 1 is 1.18 bits per heavy atom. The highest BCUT2D eigenvalue weighted by Gasteiger charge is 2.42. The third-order valence-corrected chi connectivity index (χ3v) is 5.64. The molecule has 28 heavy (non-hydrogen) atoms. The number of carbonyl (C=O) groups excluding carboxylic acids is 1. The molecule has 9 heteroatoms. The first-order valence-corrected chi connectivity index (χ1v) is 10.3. The van der Waals surface area contributed by atoms with Crippen LogP contribution >= 0.6 is 11.3 Å². The van der Waals surface area contributed by atoms with Crippen LogP contribution in [0.5, 0.6) is 11.5 Å². The van der Waals surface area contributed by atoms with Gasteiger partial charge in [-0.15, -0.1) is 10.2 Å². The molecule has 3 heterocycles. The summed E-state index contributed by atoms with van der Waals surface area (Å²) in [5, 5.41) is 18.9. The quantitative estimate of drug-likeness (QED) is 0.725. The van der Waals surface area contributed by atoms with E-state index in [1.54, 1.807) is 11.3 Å². The Morgan fingerprint density at radius 3 is 2.86 bits per heavy atom. The number of ether oxygens (including phenoxy) is 2. The van der Waals surface area contributed by atoms with Gasteiger partial charge in [0.05, 0.1) is 0 Å². The number of thiophene rings is 1. The van der Waals surface area contributed by atoms with E-state index in [9.17, 15) is 4.79 Å². The number of anilines is 1. The zero-order valence-electron chi connectivity index (χ0n) is 15.1. The van der Waals surface area contributed by atoms with Gasteiger partial charge < -0.3 is 14.8 Å². The number of hydrogen-bond donors (Lipinski definition) is 1. The van der Waals surface area contributed by atoms with Crippen molar-refractivity contribution in [2.75, 3.05) is 5.32 Å². The van der Waals surface area contributed by atoms with Crippen molar-refractivity contribution in [2.45, 2.75) is 44.4 Å². The first-order chi connectivity index (χ1) is 13.7. The topological polar surface area (TPSA) is 91.2 Å². The average molecular weight is 397 g/mol. The number of benzene rings is 1. The highest BCUT2D eigenvalue weighted by molar-refractivity contribution is 7.08. The molecule has 1 amide bonds.